The van der Waals surface area contributed by atoms with Crippen LogP contribution in [-0.2, 0) is 54.0 Å². The van der Waals surface area contributed by atoms with E-state index in [-0.39, 0.29) is 41.9 Å². The summed E-state index contributed by atoms with van der Waals surface area (Å²) in [5.41, 5.74) is 2.86. The molecule has 0 amide bonds. The lowest BCUT2D eigenvalue weighted by Crippen LogP contribution is -2.57. The minimum Gasteiger partial charge on any atom is -0.463 e. The molecule has 1 aliphatic rings. The van der Waals surface area contributed by atoms with E-state index in [0.717, 1.165) is 0 Å². The van der Waals surface area contributed by atoms with Crippen molar-refractivity contribution in [3.8, 4) is 0 Å². The maximum Gasteiger partial charge on any atom is 0.350 e. The van der Waals surface area contributed by atoms with Gasteiger partial charge in [0.2, 0.25) is 5.28 Å². The Balaban J connectivity index is 1.81. The van der Waals surface area contributed by atoms with Gasteiger partial charge in [0.15, 0.2) is 29.4 Å². The number of hydrogen-bond acceptors (Lipinski definition) is 14. The summed E-state index contributed by atoms with van der Waals surface area (Å²) < 4.78 is 35.9. The number of carbonyl (C=O) groups excluding carboxylic acids is 4. The van der Waals surface area contributed by atoms with Crippen LogP contribution < -0.4 is 5.73 Å². The molecule has 4 atom stereocenters. The molecule has 15 nitrogen and oxygen atoms in total. The van der Waals surface area contributed by atoms with E-state index in [1.54, 1.807) is 44.2 Å². The highest BCUT2D eigenvalue weighted by atomic mass is 35.5. The molecule has 0 unspecified atom stereocenters. The lowest BCUT2D eigenvalue weighted by atomic mass is 9.92. The van der Waals surface area contributed by atoms with Crippen molar-refractivity contribution >= 4 is 52.5 Å². The Hall–Kier alpha value is -4.34. The highest BCUT2D eigenvalue weighted by Gasteiger charge is 2.61. The summed E-state index contributed by atoms with van der Waals surface area (Å²) in [7, 11) is 0. The van der Waals surface area contributed by atoms with Crippen molar-refractivity contribution in [2.75, 3.05) is 25.6 Å². The molecule has 0 radical (unpaired) electrons. The van der Waals surface area contributed by atoms with E-state index < -0.39 is 60.1 Å². The standard InChI is InChI=1S/C29H34ClN5O10/c1-6-40-25(38)29(26(39)41-7-2,13-18-11-9-8-10-12-18)42-14-19-28(5,45-17(4)37)21(43-16(3)36)24(44-19)35-15-32-20-22(31)33-27(30)34-23(20)35/h8-12,15,19,21,24H,6-7,13-14H2,1-5H3,(H2,31,33,34)/t19-,21+,24-,28-/m1/s1. The molecule has 0 spiro atoms. The van der Waals surface area contributed by atoms with Crippen molar-refractivity contribution in [3.05, 3.63) is 47.5 Å². The van der Waals surface area contributed by atoms with E-state index in [4.69, 9.17) is 45.8 Å². The number of anilines is 1. The first-order valence-electron chi connectivity index (χ1n) is 14.1. The number of imidazole rings is 1. The van der Waals surface area contributed by atoms with E-state index in [0.29, 0.717) is 5.56 Å². The first-order chi connectivity index (χ1) is 21.4. The number of carbonyl (C=O) groups is 4. The fourth-order valence-electron chi connectivity index (χ4n) is 5.13. The Labute approximate surface area is 263 Å². The second-order valence-corrected chi connectivity index (χ2v) is 10.6. The quantitative estimate of drug-likeness (QED) is 0.130. The lowest BCUT2D eigenvalue weighted by Gasteiger charge is -2.35. The van der Waals surface area contributed by atoms with Gasteiger partial charge in [0.1, 0.15) is 11.6 Å². The maximum absolute atomic E-state index is 13.5. The van der Waals surface area contributed by atoms with Crippen LogP contribution in [0.25, 0.3) is 11.2 Å². The van der Waals surface area contributed by atoms with Crippen LogP contribution in [0.1, 0.15) is 46.4 Å². The second kappa shape index (κ2) is 13.7. The van der Waals surface area contributed by atoms with Gasteiger partial charge in [-0.25, -0.2) is 14.6 Å². The molecule has 16 heteroatoms. The number of rotatable bonds is 12. The lowest BCUT2D eigenvalue weighted by molar-refractivity contribution is -0.203. The zero-order valence-corrected chi connectivity index (χ0v) is 26.1. The average molecular weight is 648 g/mol. The normalized spacial score (nSPS) is 21.3. The zero-order valence-electron chi connectivity index (χ0n) is 25.4. The van der Waals surface area contributed by atoms with E-state index in [1.807, 2.05) is 0 Å². The molecule has 45 heavy (non-hydrogen) atoms. The maximum atomic E-state index is 13.5. The molecule has 2 aromatic heterocycles. The van der Waals surface area contributed by atoms with Gasteiger partial charge in [0, 0.05) is 20.3 Å². The molecule has 0 aliphatic carbocycles. The summed E-state index contributed by atoms with van der Waals surface area (Å²) in [6.45, 7) is 6.33. The van der Waals surface area contributed by atoms with Crippen LogP contribution in [0, 0.1) is 0 Å². The molecule has 0 bridgehead atoms. The number of nitrogens with zero attached hydrogens (tertiary/aromatic N) is 4. The molecule has 1 aliphatic heterocycles. The molecule has 0 saturated carbocycles. The van der Waals surface area contributed by atoms with Crippen LogP contribution in [0.15, 0.2) is 36.7 Å². The molecular formula is C29H34ClN5O10. The van der Waals surface area contributed by atoms with Crippen molar-refractivity contribution in [3.63, 3.8) is 0 Å². The molecule has 3 heterocycles. The number of ether oxygens (including phenoxy) is 6. The van der Waals surface area contributed by atoms with Crippen LogP contribution in [-0.4, -0.2) is 86.6 Å². The van der Waals surface area contributed by atoms with Crippen molar-refractivity contribution in [1.29, 1.82) is 0 Å². The summed E-state index contributed by atoms with van der Waals surface area (Å²) in [5.74, 6) is -3.45. The van der Waals surface area contributed by atoms with E-state index in [1.165, 1.54) is 31.7 Å². The Morgan fingerprint density at radius 3 is 2.27 bits per heavy atom. The molecule has 1 fully saturated rings. The predicted octanol–water partition coefficient (Wildman–Crippen LogP) is 2.34. The third-order valence-electron chi connectivity index (χ3n) is 7.11. The summed E-state index contributed by atoms with van der Waals surface area (Å²) in [6.07, 6.45) is -2.71. The molecule has 2 N–H and O–H groups in total. The number of aromatic nitrogens is 4. The van der Waals surface area contributed by atoms with E-state index in [2.05, 4.69) is 15.0 Å². The molecular weight excluding hydrogens is 614 g/mol. The fraction of sp³-hybridized carbons (Fsp3) is 0.483. The van der Waals surface area contributed by atoms with Gasteiger partial charge in [0.25, 0.3) is 5.60 Å². The minimum absolute atomic E-state index is 0.0111. The van der Waals surface area contributed by atoms with E-state index in [9.17, 15) is 19.2 Å². The van der Waals surface area contributed by atoms with Crippen molar-refractivity contribution in [1.82, 2.24) is 19.5 Å². The van der Waals surface area contributed by atoms with Crippen LogP contribution in [0.4, 0.5) is 5.82 Å². The summed E-state index contributed by atoms with van der Waals surface area (Å²) in [5, 5.41) is -0.180. The molecule has 3 aromatic rings. The number of fused-ring (bicyclic) bond motifs is 1. The Kier molecular flexibility index (Phi) is 10.3. The number of hydrogen-bond donors (Lipinski definition) is 1. The topological polar surface area (TPSA) is 193 Å². The van der Waals surface area contributed by atoms with Gasteiger partial charge in [-0.05, 0) is 37.9 Å². The van der Waals surface area contributed by atoms with Crippen LogP contribution in [0.5, 0.6) is 0 Å². The van der Waals surface area contributed by atoms with Gasteiger partial charge in [-0.15, -0.1) is 0 Å². The fourth-order valence-corrected chi connectivity index (χ4v) is 5.31. The first kappa shape index (κ1) is 33.6. The highest BCUT2D eigenvalue weighted by Crippen LogP contribution is 2.44. The van der Waals surface area contributed by atoms with Crippen LogP contribution in [0.3, 0.4) is 0 Å². The van der Waals surface area contributed by atoms with Crippen molar-refractivity contribution < 1.29 is 47.6 Å². The molecule has 4 rings (SSSR count). The van der Waals surface area contributed by atoms with Gasteiger partial charge < -0.3 is 34.2 Å². The molecule has 1 saturated heterocycles. The molecule has 1 aromatic carbocycles. The number of nitrogen functional groups attached to an aromatic ring is 1. The molecule has 242 valence electrons. The van der Waals surface area contributed by atoms with E-state index >= 15 is 0 Å². The second-order valence-electron chi connectivity index (χ2n) is 10.3. The number of esters is 4. The monoisotopic (exact) mass is 647 g/mol. The predicted molar refractivity (Wildman–Crippen MR) is 156 cm³/mol. The summed E-state index contributed by atoms with van der Waals surface area (Å²) in [4.78, 5) is 64.1. The van der Waals surface area contributed by atoms with Gasteiger partial charge in [-0.2, -0.15) is 9.97 Å². The Morgan fingerprint density at radius 1 is 1.04 bits per heavy atom. The summed E-state index contributed by atoms with van der Waals surface area (Å²) in [6, 6.07) is 8.67. The third kappa shape index (κ3) is 6.84. The van der Waals surface area contributed by atoms with Crippen molar-refractivity contribution in [2.45, 2.75) is 70.7 Å². The largest absolute Gasteiger partial charge is 0.463 e. The number of benzene rings is 1. The van der Waals surface area contributed by atoms with Crippen molar-refractivity contribution in [2.24, 2.45) is 0 Å². The highest BCUT2D eigenvalue weighted by molar-refractivity contribution is 6.28. The SMILES string of the molecule is CCOC(=O)C(Cc1ccccc1)(OC[C@H]1O[C@@H](n2cnc3c(N)nc(Cl)nc32)[C@H](OC(C)=O)[C@]1(C)OC(C)=O)C(=O)OCC. The zero-order chi connectivity index (χ0) is 32.9. The van der Waals surface area contributed by atoms with Gasteiger partial charge in [-0.3, -0.25) is 14.2 Å². The number of nitrogens with two attached hydrogens (primary N) is 1. The van der Waals surface area contributed by atoms with Gasteiger partial charge >= 0.3 is 23.9 Å². The average Bonchev–Trinajstić information content (AvgIpc) is 3.50. The minimum atomic E-state index is -2.28. The smallest absolute Gasteiger partial charge is 0.350 e. The Morgan fingerprint density at radius 2 is 1.69 bits per heavy atom. The van der Waals surface area contributed by atoms with Gasteiger partial charge in [0.05, 0.1) is 26.1 Å². The third-order valence-corrected chi connectivity index (χ3v) is 7.28. The van der Waals surface area contributed by atoms with Gasteiger partial charge in [-0.1, -0.05) is 30.3 Å². The van der Waals surface area contributed by atoms with Crippen LogP contribution in [0.2, 0.25) is 5.28 Å². The number of halogens is 1. The summed E-state index contributed by atoms with van der Waals surface area (Å²) >= 11 is 6.06. The first-order valence-corrected chi connectivity index (χ1v) is 14.4. The van der Waals surface area contributed by atoms with Crippen LogP contribution >= 0.6 is 11.6 Å². The Bertz CT molecular complexity index is 1550.